The lowest BCUT2D eigenvalue weighted by Crippen LogP contribution is -2.31. The maximum Gasteiger partial charge on any atom is 0.224 e. The molecule has 0 amide bonds. The predicted octanol–water partition coefficient (Wildman–Crippen LogP) is 2.53. The highest BCUT2D eigenvalue weighted by molar-refractivity contribution is 5.42. The van der Waals surface area contributed by atoms with Crippen molar-refractivity contribution in [2.24, 2.45) is 5.92 Å². The zero-order chi connectivity index (χ0) is 12.3. The Kier molecular flexibility index (Phi) is 3.82. The summed E-state index contributed by atoms with van der Waals surface area (Å²) in [4.78, 5) is 11.0. The Bertz CT molecular complexity index is 362. The molecule has 1 aliphatic carbocycles. The standard InChI is InChI=1S/C13H22N4/c1-4-8-14-13-15-9-7-12(16-13)17(3)10(2)11-5-6-11/h7,9-11H,4-6,8H2,1-3H3,(H,14,15,16). The van der Waals surface area contributed by atoms with Gasteiger partial charge in [0.15, 0.2) is 0 Å². The summed E-state index contributed by atoms with van der Waals surface area (Å²) in [6.07, 6.45) is 5.63. The fourth-order valence-corrected chi connectivity index (χ4v) is 1.97. The maximum atomic E-state index is 4.55. The van der Waals surface area contributed by atoms with Crippen molar-refractivity contribution in [3.05, 3.63) is 12.3 Å². The molecule has 0 aromatic carbocycles. The minimum Gasteiger partial charge on any atom is -0.357 e. The number of rotatable bonds is 6. The van der Waals surface area contributed by atoms with Crippen molar-refractivity contribution in [1.29, 1.82) is 0 Å². The van der Waals surface area contributed by atoms with E-state index in [0.29, 0.717) is 6.04 Å². The summed E-state index contributed by atoms with van der Waals surface area (Å²) < 4.78 is 0. The summed E-state index contributed by atoms with van der Waals surface area (Å²) in [6.45, 7) is 5.34. The minimum atomic E-state index is 0.573. The molecule has 1 aliphatic rings. The van der Waals surface area contributed by atoms with Crippen LogP contribution in [0.1, 0.15) is 33.1 Å². The molecule has 1 saturated carbocycles. The van der Waals surface area contributed by atoms with E-state index in [4.69, 9.17) is 0 Å². The summed E-state index contributed by atoms with van der Waals surface area (Å²) in [5.41, 5.74) is 0. The largest absolute Gasteiger partial charge is 0.357 e. The second kappa shape index (κ2) is 5.34. The number of nitrogens with one attached hydrogen (secondary N) is 1. The molecule has 0 aliphatic heterocycles. The maximum absolute atomic E-state index is 4.55. The van der Waals surface area contributed by atoms with Crippen LogP contribution in [0, 0.1) is 5.92 Å². The molecule has 1 atom stereocenters. The first-order chi connectivity index (χ1) is 8.22. The van der Waals surface area contributed by atoms with E-state index in [0.717, 1.165) is 30.6 Å². The van der Waals surface area contributed by atoms with E-state index >= 15 is 0 Å². The molecule has 1 N–H and O–H groups in total. The average Bonchev–Trinajstić information content (AvgIpc) is 3.19. The Hall–Kier alpha value is -1.32. The monoisotopic (exact) mass is 234 g/mol. The highest BCUT2D eigenvalue weighted by Gasteiger charge is 2.31. The molecule has 2 rings (SSSR count). The van der Waals surface area contributed by atoms with Crippen LogP contribution in [0.2, 0.25) is 0 Å². The van der Waals surface area contributed by atoms with Gasteiger partial charge in [-0.2, -0.15) is 4.98 Å². The van der Waals surface area contributed by atoms with E-state index < -0.39 is 0 Å². The fraction of sp³-hybridized carbons (Fsp3) is 0.692. The van der Waals surface area contributed by atoms with E-state index in [1.165, 1.54) is 12.8 Å². The van der Waals surface area contributed by atoms with Crippen molar-refractivity contribution in [2.45, 2.75) is 39.2 Å². The van der Waals surface area contributed by atoms with Crippen molar-refractivity contribution in [2.75, 3.05) is 23.8 Å². The quantitative estimate of drug-likeness (QED) is 0.821. The molecule has 1 aromatic rings. The van der Waals surface area contributed by atoms with Crippen LogP contribution in [-0.4, -0.2) is 29.6 Å². The van der Waals surface area contributed by atoms with E-state index in [1.54, 1.807) is 0 Å². The van der Waals surface area contributed by atoms with Crippen LogP contribution in [0.15, 0.2) is 12.3 Å². The third-order valence-corrected chi connectivity index (χ3v) is 3.45. The Morgan fingerprint density at radius 2 is 2.29 bits per heavy atom. The van der Waals surface area contributed by atoms with Gasteiger partial charge < -0.3 is 10.2 Å². The predicted molar refractivity (Wildman–Crippen MR) is 71.4 cm³/mol. The van der Waals surface area contributed by atoms with Crippen molar-refractivity contribution >= 4 is 11.8 Å². The summed E-state index contributed by atoms with van der Waals surface area (Å²) in [5.74, 6) is 2.60. The molecule has 1 heterocycles. The molecule has 1 fully saturated rings. The van der Waals surface area contributed by atoms with Crippen LogP contribution in [0.5, 0.6) is 0 Å². The van der Waals surface area contributed by atoms with Crippen LogP contribution in [0.3, 0.4) is 0 Å². The van der Waals surface area contributed by atoms with Gasteiger partial charge in [-0.15, -0.1) is 0 Å². The topological polar surface area (TPSA) is 41.1 Å². The molecular formula is C13H22N4. The second-order valence-electron chi connectivity index (χ2n) is 4.85. The molecule has 0 radical (unpaired) electrons. The molecule has 1 aromatic heterocycles. The SMILES string of the molecule is CCCNc1nccc(N(C)C(C)C2CC2)n1. The van der Waals surface area contributed by atoms with Gasteiger partial charge in [0, 0.05) is 25.8 Å². The highest BCUT2D eigenvalue weighted by Crippen LogP contribution is 2.35. The van der Waals surface area contributed by atoms with Gasteiger partial charge in [0.25, 0.3) is 0 Å². The normalized spacial score (nSPS) is 16.6. The van der Waals surface area contributed by atoms with Crippen LogP contribution in [0.25, 0.3) is 0 Å². The minimum absolute atomic E-state index is 0.573. The van der Waals surface area contributed by atoms with Gasteiger partial charge in [0.2, 0.25) is 5.95 Å². The van der Waals surface area contributed by atoms with Gasteiger partial charge in [0.1, 0.15) is 5.82 Å². The van der Waals surface area contributed by atoms with E-state index in [1.807, 2.05) is 12.3 Å². The third kappa shape index (κ3) is 3.08. The lowest BCUT2D eigenvalue weighted by atomic mass is 10.2. The van der Waals surface area contributed by atoms with E-state index in [-0.39, 0.29) is 0 Å². The first-order valence-corrected chi connectivity index (χ1v) is 6.52. The van der Waals surface area contributed by atoms with Crippen molar-refractivity contribution in [3.63, 3.8) is 0 Å². The molecule has 0 saturated heterocycles. The smallest absolute Gasteiger partial charge is 0.224 e. The molecule has 0 bridgehead atoms. The lowest BCUT2D eigenvalue weighted by Gasteiger charge is -2.26. The van der Waals surface area contributed by atoms with Gasteiger partial charge in [-0.3, -0.25) is 0 Å². The fourth-order valence-electron chi connectivity index (χ4n) is 1.97. The molecule has 17 heavy (non-hydrogen) atoms. The molecular weight excluding hydrogens is 212 g/mol. The van der Waals surface area contributed by atoms with Crippen LogP contribution < -0.4 is 10.2 Å². The highest BCUT2D eigenvalue weighted by atomic mass is 15.2. The Labute approximate surface area is 103 Å². The first-order valence-electron chi connectivity index (χ1n) is 6.52. The first kappa shape index (κ1) is 12.1. The zero-order valence-electron chi connectivity index (χ0n) is 11.0. The number of anilines is 2. The van der Waals surface area contributed by atoms with Gasteiger partial charge >= 0.3 is 0 Å². The van der Waals surface area contributed by atoms with Crippen molar-refractivity contribution in [3.8, 4) is 0 Å². The third-order valence-electron chi connectivity index (χ3n) is 3.45. The number of hydrogen-bond acceptors (Lipinski definition) is 4. The van der Waals surface area contributed by atoms with Gasteiger partial charge in [-0.1, -0.05) is 6.92 Å². The van der Waals surface area contributed by atoms with Crippen molar-refractivity contribution < 1.29 is 0 Å². The lowest BCUT2D eigenvalue weighted by molar-refractivity contribution is 0.603. The molecule has 1 unspecified atom stereocenters. The molecule has 94 valence electrons. The van der Waals surface area contributed by atoms with Crippen LogP contribution >= 0.6 is 0 Å². The van der Waals surface area contributed by atoms with E-state index in [9.17, 15) is 0 Å². The Morgan fingerprint density at radius 3 is 2.94 bits per heavy atom. The molecule has 4 heteroatoms. The van der Waals surface area contributed by atoms with Gasteiger partial charge in [-0.05, 0) is 38.2 Å². The zero-order valence-corrected chi connectivity index (χ0v) is 11.0. The van der Waals surface area contributed by atoms with Crippen LogP contribution in [-0.2, 0) is 0 Å². The number of nitrogens with zero attached hydrogens (tertiary/aromatic N) is 3. The summed E-state index contributed by atoms with van der Waals surface area (Å²) >= 11 is 0. The van der Waals surface area contributed by atoms with Crippen LogP contribution in [0.4, 0.5) is 11.8 Å². The Balaban J connectivity index is 2.03. The number of aromatic nitrogens is 2. The molecule has 4 nitrogen and oxygen atoms in total. The molecule has 0 spiro atoms. The van der Waals surface area contributed by atoms with Crippen molar-refractivity contribution in [1.82, 2.24) is 9.97 Å². The van der Waals surface area contributed by atoms with E-state index in [2.05, 4.69) is 41.1 Å². The van der Waals surface area contributed by atoms with Gasteiger partial charge in [-0.25, -0.2) is 4.98 Å². The van der Waals surface area contributed by atoms with Gasteiger partial charge in [0.05, 0.1) is 0 Å². The summed E-state index contributed by atoms with van der Waals surface area (Å²) in [7, 11) is 2.12. The Morgan fingerprint density at radius 1 is 1.53 bits per heavy atom. The summed E-state index contributed by atoms with van der Waals surface area (Å²) in [5, 5.41) is 3.22. The number of hydrogen-bond donors (Lipinski definition) is 1. The second-order valence-corrected chi connectivity index (χ2v) is 4.85. The summed E-state index contributed by atoms with van der Waals surface area (Å²) in [6, 6.07) is 2.56. The average molecular weight is 234 g/mol.